The van der Waals surface area contributed by atoms with Crippen LogP contribution in [-0.2, 0) is 25.9 Å². The monoisotopic (exact) mass is 305 g/mol. The number of alkyl halides is 1. The number of hydrogen-bond acceptors (Lipinski definition) is 4. The molecule has 0 radical (unpaired) electrons. The van der Waals surface area contributed by atoms with Gasteiger partial charge in [0.05, 0.1) is 13.0 Å². The van der Waals surface area contributed by atoms with E-state index in [1.807, 2.05) is 28.4 Å². The van der Waals surface area contributed by atoms with E-state index in [2.05, 4.69) is 15.1 Å². The summed E-state index contributed by atoms with van der Waals surface area (Å²) in [5.74, 6) is 1.74. The van der Waals surface area contributed by atoms with Crippen LogP contribution in [0.4, 0.5) is 0 Å². The van der Waals surface area contributed by atoms with Crippen LogP contribution in [0.3, 0.4) is 0 Å². The van der Waals surface area contributed by atoms with Crippen LogP contribution in [0, 0.1) is 0 Å². The predicted octanol–water partition coefficient (Wildman–Crippen LogP) is 2.15. The van der Waals surface area contributed by atoms with Crippen LogP contribution in [-0.4, -0.2) is 31.4 Å². The second-order valence-corrected chi connectivity index (χ2v) is 4.97. The van der Waals surface area contributed by atoms with Crippen molar-refractivity contribution in [2.24, 2.45) is 7.05 Å². The van der Waals surface area contributed by atoms with E-state index in [0.717, 1.165) is 35.6 Å². The van der Waals surface area contributed by atoms with Gasteiger partial charge in [0.25, 0.3) is 0 Å². The van der Waals surface area contributed by atoms with Gasteiger partial charge in [-0.1, -0.05) is 0 Å². The highest BCUT2D eigenvalue weighted by atomic mass is 35.5. The fourth-order valence-corrected chi connectivity index (χ4v) is 2.56. The number of rotatable bonds is 5. The molecule has 7 heteroatoms. The fourth-order valence-electron chi connectivity index (χ4n) is 2.35. The summed E-state index contributed by atoms with van der Waals surface area (Å²) < 4.78 is 9.10. The Morgan fingerprint density at radius 2 is 2.10 bits per heavy atom. The third kappa shape index (κ3) is 2.58. The molecule has 0 atom stereocenters. The Labute approximate surface area is 127 Å². The Morgan fingerprint density at radius 3 is 2.76 bits per heavy atom. The Bertz CT molecular complexity index is 764. The van der Waals surface area contributed by atoms with Gasteiger partial charge >= 0.3 is 0 Å². The molecule has 3 rings (SSSR count). The normalized spacial score (nSPS) is 11.2. The molecule has 0 aromatic carbocycles. The van der Waals surface area contributed by atoms with Gasteiger partial charge in [0.1, 0.15) is 11.3 Å². The SMILES string of the molecule is COc1ccc2nc(CCl)n(CCc3ccnn3C)c2n1. The average Bonchev–Trinajstić information content (AvgIpc) is 3.07. The van der Waals surface area contributed by atoms with E-state index in [9.17, 15) is 0 Å². The summed E-state index contributed by atoms with van der Waals surface area (Å²) in [6.07, 6.45) is 2.63. The average molecular weight is 306 g/mol. The maximum absolute atomic E-state index is 6.01. The number of imidazole rings is 1. The van der Waals surface area contributed by atoms with E-state index >= 15 is 0 Å². The molecular formula is C14H16ClN5O. The molecule has 0 unspecified atom stereocenters. The summed E-state index contributed by atoms with van der Waals surface area (Å²) in [7, 11) is 3.54. The van der Waals surface area contributed by atoms with Crippen molar-refractivity contribution in [3.8, 4) is 5.88 Å². The standard InChI is InChI=1S/C14H16ClN5O/c1-19-10(5-7-16-19)6-8-20-12(9-15)17-11-3-4-13(21-2)18-14(11)20/h3-5,7H,6,8-9H2,1-2H3. The van der Waals surface area contributed by atoms with Crippen LogP contribution in [0.1, 0.15) is 11.5 Å². The van der Waals surface area contributed by atoms with Gasteiger partial charge in [-0.3, -0.25) is 4.68 Å². The minimum Gasteiger partial charge on any atom is -0.481 e. The maximum atomic E-state index is 6.01. The lowest BCUT2D eigenvalue weighted by atomic mass is 10.3. The van der Waals surface area contributed by atoms with Gasteiger partial charge in [-0.25, -0.2) is 4.98 Å². The smallest absolute Gasteiger partial charge is 0.215 e. The number of nitrogens with zero attached hydrogens (tertiary/aromatic N) is 5. The van der Waals surface area contributed by atoms with E-state index in [4.69, 9.17) is 16.3 Å². The summed E-state index contributed by atoms with van der Waals surface area (Å²) in [5, 5.41) is 4.18. The lowest BCUT2D eigenvalue weighted by molar-refractivity contribution is 0.399. The first-order valence-corrected chi connectivity index (χ1v) is 7.19. The zero-order valence-corrected chi connectivity index (χ0v) is 12.7. The van der Waals surface area contributed by atoms with Gasteiger partial charge in [-0.2, -0.15) is 10.1 Å². The molecule has 0 saturated heterocycles. The molecule has 0 N–H and O–H groups in total. The molecular weight excluding hydrogens is 290 g/mol. The van der Waals surface area contributed by atoms with Gasteiger partial charge in [-0.05, 0) is 12.1 Å². The third-order valence-corrected chi connectivity index (χ3v) is 3.73. The minimum atomic E-state index is 0.351. The van der Waals surface area contributed by atoms with E-state index in [1.54, 1.807) is 19.4 Å². The Morgan fingerprint density at radius 1 is 1.24 bits per heavy atom. The molecule has 3 heterocycles. The van der Waals surface area contributed by atoms with Crippen LogP contribution >= 0.6 is 11.6 Å². The van der Waals surface area contributed by atoms with Crippen molar-refractivity contribution in [1.82, 2.24) is 24.3 Å². The van der Waals surface area contributed by atoms with Crippen molar-refractivity contribution < 1.29 is 4.74 Å². The van der Waals surface area contributed by atoms with Crippen molar-refractivity contribution in [1.29, 1.82) is 0 Å². The van der Waals surface area contributed by atoms with Crippen molar-refractivity contribution in [3.05, 3.63) is 35.9 Å². The van der Waals surface area contributed by atoms with Crippen molar-refractivity contribution >= 4 is 22.8 Å². The number of halogens is 1. The van der Waals surface area contributed by atoms with Gasteiger partial charge in [0.15, 0.2) is 5.65 Å². The number of aryl methyl sites for hydroxylation is 3. The van der Waals surface area contributed by atoms with Crippen LogP contribution in [0.5, 0.6) is 5.88 Å². The number of methoxy groups -OCH3 is 1. The molecule has 3 aromatic heterocycles. The third-order valence-electron chi connectivity index (χ3n) is 3.49. The minimum absolute atomic E-state index is 0.351. The fraction of sp³-hybridized carbons (Fsp3) is 0.357. The van der Waals surface area contributed by atoms with Gasteiger partial charge < -0.3 is 9.30 Å². The summed E-state index contributed by atoms with van der Waals surface area (Å²) in [6.45, 7) is 0.748. The number of fused-ring (bicyclic) bond motifs is 1. The Hall–Kier alpha value is -2.08. The van der Waals surface area contributed by atoms with E-state index in [1.165, 1.54) is 0 Å². The molecule has 0 fully saturated rings. The largest absolute Gasteiger partial charge is 0.481 e. The van der Waals surface area contributed by atoms with Crippen LogP contribution in [0.15, 0.2) is 24.4 Å². The van der Waals surface area contributed by atoms with Crippen molar-refractivity contribution in [2.75, 3.05) is 7.11 Å². The second-order valence-electron chi connectivity index (χ2n) is 4.71. The summed E-state index contributed by atoms with van der Waals surface area (Å²) >= 11 is 6.01. The summed E-state index contributed by atoms with van der Waals surface area (Å²) in [6, 6.07) is 5.71. The molecule has 0 aliphatic carbocycles. The number of hydrogen-bond donors (Lipinski definition) is 0. The quantitative estimate of drug-likeness (QED) is 0.678. The lowest BCUT2D eigenvalue weighted by Gasteiger charge is -2.08. The zero-order valence-electron chi connectivity index (χ0n) is 12.0. The molecule has 0 bridgehead atoms. The summed E-state index contributed by atoms with van der Waals surface area (Å²) in [4.78, 5) is 9.00. The summed E-state index contributed by atoms with van der Waals surface area (Å²) in [5.41, 5.74) is 2.78. The molecule has 0 saturated carbocycles. The first kappa shape index (κ1) is 13.9. The van der Waals surface area contributed by atoms with Gasteiger partial charge in [-0.15, -0.1) is 11.6 Å². The first-order valence-electron chi connectivity index (χ1n) is 6.66. The molecule has 0 spiro atoms. The maximum Gasteiger partial charge on any atom is 0.215 e. The van der Waals surface area contributed by atoms with Crippen molar-refractivity contribution in [2.45, 2.75) is 18.8 Å². The molecule has 0 aliphatic rings. The zero-order chi connectivity index (χ0) is 14.8. The Balaban J connectivity index is 1.97. The number of aromatic nitrogens is 5. The second kappa shape index (κ2) is 5.73. The molecule has 0 amide bonds. The lowest BCUT2D eigenvalue weighted by Crippen LogP contribution is -2.08. The van der Waals surface area contributed by atoms with Crippen LogP contribution in [0.2, 0.25) is 0 Å². The first-order chi connectivity index (χ1) is 10.2. The van der Waals surface area contributed by atoms with E-state index in [0.29, 0.717) is 11.8 Å². The Kier molecular flexibility index (Phi) is 3.79. The van der Waals surface area contributed by atoms with Crippen LogP contribution in [0.25, 0.3) is 11.2 Å². The molecule has 6 nitrogen and oxygen atoms in total. The van der Waals surface area contributed by atoms with Gasteiger partial charge in [0.2, 0.25) is 5.88 Å². The molecule has 110 valence electrons. The van der Waals surface area contributed by atoms with Crippen molar-refractivity contribution in [3.63, 3.8) is 0 Å². The molecule has 21 heavy (non-hydrogen) atoms. The number of ether oxygens (including phenoxy) is 1. The molecule has 3 aromatic rings. The highest BCUT2D eigenvalue weighted by Gasteiger charge is 2.13. The van der Waals surface area contributed by atoms with E-state index < -0.39 is 0 Å². The highest BCUT2D eigenvalue weighted by Crippen LogP contribution is 2.19. The predicted molar refractivity (Wildman–Crippen MR) is 80.5 cm³/mol. The van der Waals surface area contributed by atoms with Gasteiger partial charge in [0, 0.05) is 38.0 Å². The van der Waals surface area contributed by atoms with Crippen LogP contribution < -0.4 is 4.74 Å². The van der Waals surface area contributed by atoms with E-state index in [-0.39, 0.29) is 0 Å². The molecule has 0 aliphatic heterocycles. The number of pyridine rings is 1. The highest BCUT2D eigenvalue weighted by molar-refractivity contribution is 6.16. The topological polar surface area (TPSA) is 57.8 Å².